The van der Waals surface area contributed by atoms with E-state index in [0.717, 1.165) is 30.7 Å². The van der Waals surface area contributed by atoms with Crippen molar-refractivity contribution in [2.24, 2.45) is 51.2 Å². The minimum atomic E-state index is -0.853. The Hall–Kier alpha value is -1.87. The van der Waals surface area contributed by atoms with E-state index in [-0.39, 0.29) is 10.8 Å². The van der Waals surface area contributed by atoms with Crippen molar-refractivity contribution in [3.05, 3.63) is 53.6 Å². The maximum Gasteiger partial charge on any atom is 0.335 e. The van der Waals surface area contributed by atoms with Crippen LogP contribution in [-0.2, 0) is 0 Å². The van der Waals surface area contributed by atoms with Crippen molar-refractivity contribution in [1.82, 2.24) is 5.32 Å². The van der Waals surface area contributed by atoms with E-state index in [1.165, 1.54) is 68.1 Å². The van der Waals surface area contributed by atoms with Gasteiger partial charge in [-0.05, 0) is 146 Å². The summed E-state index contributed by atoms with van der Waals surface area (Å²) in [5, 5.41) is 13.5. The van der Waals surface area contributed by atoms with Crippen LogP contribution in [0, 0.1) is 51.2 Å². The van der Waals surface area contributed by atoms with Gasteiger partial charge in [0.05, 0.1) is 5.56 Å². The van der Waals surface area contributed by atoms with E-state index in [4.69, 9.17) is 0 Å². The predicted molar refractivity (Wildman–Crippen MR) is 170 cm³/mol. The molecule has 1 aromatic carbocycles. The molecule has 0 saturated heterocycles. The summed E-state index contributed by atoms with van der Waals surface area (Å²) >= 11 is 0. The molecule has 0 bridgehead atoms. The molecular formula is C38H55NO2. The molecule has 0 unspecified atom stereocenters. The van der Waals surface area contributed by atoms with Gasteiger partial charge in [0.1, 0.15) is 0 Å². The van der Waals surface area contributed by atoms with Crippen molar-refractivity contribution in [2.75, 3.05) is 6.54 Å². The fourth-order valence-electron chi connectivity index (χ4n) is 12.7. The number of carbonyl (C=O) groups is 1. The molecule has 0 amide bonds. The molecule has 4 fully saturated rings. The van der Waals surface area contributed by atoms with Crippen LogP contribution < -0.4 is 5.32 Å². The normalized spacial score (nSPS) is 44.6. The molecule has 3 heteroatoms. The van der Waals surface area contributed by atoms with Gasteiger partial charge in [0.2, 0.25) is 0 Å². The van der Waals surface area contributed by atoms with Gasteiger partial charge in [-0.15, -0.1) is 0 Å². The Kier molecular flexibility index (Phi) is 6.82. The second-order valence-corrected chi connectivity index (χ2v) is 16.3. The molecule has 6 rings (SSSR count). The highest BCUT2D eigenvalue weighted by atomic mass is 16.4. The summed E-state index contributed by atoms with van der Waals surface area (Å²) in [4.78, 5) is 11.5. The van der Waals surface area contributed by atoms with Crippen LogP contribution in [0.15, 0.2) is 42.5 Å². The first-order valence-electron chi connectivity index (χ1n) is 16.7. The molecule has 4 saturated carbocycles. The summed E-state index contributed by atoms with van der Waals surface area (Å²) in [5.41, 5.74) is 5.79. The number of rotatable bonds is 5. The lowest BCUT2D eigenvalue weighted by molar-refractivity contribution is -0.219. The second-order valence-electron chi connectivity index (χ2n) is 16.3. The van der Waals surface area contributed by atoms with Gasteiger partial charge in [-0.1, -0.05) is 71.9 Å². The molecular weight excluding hydrogens is 502 g/mol. The first kappa shape index (κ1) is 29.2. The van der Waals surface area contributed by atoms with Crippen LogP contribution in [0.3, 0.4) is 0 Å². The van der Waals surface area contributed by atoms with E-state index < -0.39 is 5.97 Å². The number of hydrogen-bond donors (Lipinski definition) is 2. The number of nitrogens with one attached hydrogen (secondary N) is 1. The average Bonchev–Trinajstić information content (AvgIpc) is 3.29. The second kappa shape index (κ2) is 9.57. The van der Waals surface area contributed by atoms with Crippen molar-refractivity contribution in [2.45, 2.75) is 112 Å². The minimum Gasteiger partial charge on any atom is -0.478 e. The zero-order chi connectivity index (χ0) is 29.6. The molecule has 224 valence electrons. The van der Waals surface area contributed by atoms with Gasteiger partial charge in [0, 0.05) is 5.54 Å². The number of allylic oxidation sites excluding steroid dienone is 3. The summed E-state index contributed by atoms with van der Waals surface area (Å²) < 4.78 is 0. The number of carboxylic acids is 1. The van der Waals surface area contributed by atoms with Gasteiger partial charge in [0.15, 0.2) is 0 Å². The molecule has 0 heterocycles. The molecule has 0 spiro atoms. The fourth-order valence-corrected chi connectivity index (χ4v) is 12.7. The summed E-state index contributed by atoms with van der Waals surface area (Å²) in [6.07, 6.45) is 14.4. The fraction of sp³-hybridized carbons (Fsp3) is 0.711. The maximum atomic E-state index is 11.5. The molecule has 2 N–H and O–H groups in total. The van der Waals surface area contributed by atoms with Crippen LogP contribution in [0.2, 0.25) is 0 Å². The molecule has 5 aliphatic rings. The highest BCUT2D eigenvalue weighted by Crippen LogP contribution is 2.76. The third-order valence-electron chi connectivity index (χ3n) is 14.6. The number of hydrogen-bond acceptors (Lipinski definition) is 2. The Morgan fingerprint density at radius 2 is 1.63 bits per heavy atom. The molecule has 41 heavy (non-hydrogen) atoms. The zero-order valence-corrected chi connectivity index (χ0v) is 26.9. The maximum absolute atomic E-state index is 11.5. The van der Waals surface area contributed by atoms with E-state index >= 15 is 0 Å². The van der Waals surface area contributed by atoms with Crippen LogP contribution in [0.4, 0.5) is 0 Å². The van der Waals surface area contributed by atoms with Crippen LogP contribution in [0.25, 0.3) is 5.57 Å². The lowest BCUT2D eigenvalue weighted by Crippen LogP contribution is -2.68. The van der Waals surface area contributed by atoms with Gasteiger partial charge in [-0.2, -0.15) is 0 Å². The van der Waals surface area contributed by atoms with Gasteiger partial charge in [-0.25, -0.2) is 4.79 Å². The molecule has 0 radical (unpaired) electrons. The van der Waals surface area contributed by atoms with Crippen molar-refractivity contribution in [3.8, 4) is 0 Å². The van der Waals surface area contributed by atoms with E-state index in [1.54, 1.807) is 12.1 Å². The van der Waals surface area contributed by atoms with Crippen LogP contribution in [-0.4, -0.2) is 23.2 Å². The van der Waals surface area contributed by atoms with E-state index in [2.05, 4.69) is 66.4 Å². The Balaban J connectivity index is 1.36. The van der Waals surface area contributed by atoms with Crippen LogP contribution in [0.5, 0.6) is 0 Å². The summed E-state index contributed by atoms with van der Waals surface area (Å²) in [7, 11) is 0. The first-order chi connectivity index (χ1) is 19.2. The van der Waals surface area contributed by atoms with Gasteiger partial charge < -0.3 is 10.4 Å². The first-order valence-corrected chi connectivity index (χ1v) is 16.7. The van der Waals surface area contributed by atoms with E-state index in [0.29, 0.717) is 33.8 Å². The number of carboxylic acid groups (broad SMARTS) is 1. The van der Waals surface area contributed by atoms with Crippen molar-refractivity contribution in [1.29, 1.82) is 0 Å². The van der Waals surface area contributed by atoms with E-state index in [9.17, 15) is 9.90 Å². The Morgan fingerprint density at radius 1 is 0.927 bits per heavy atom. The average molecular weight is 558 g/mol. The molecule has 5 aliphatic carbocycles. The number of aromatic carboxylic acids is 1. The lowest BCUT2D eigenvalue weighted by Gasteiger charge is -2.72. The minimum absolute atomic E-state index is 0.0556. The molecule has 3 nitrogen and oxygen atoms in total. The molecule has 0 aliphatic heterocycles. The molecule has 0 aromatic heterocycles. The highest BCUT2D eigenvalue weighted by Gasteiger charge is 2.70. The third kappa shape index (κ3) is 3.89. The third-order valence-corrected chi connectivity index (χ3v) is 14.6. The lowest BCUT2D eigenvalue weighted by atomic mass is 9.33. The monoisotopic (exact) mass is 557 g/mol. The quantitative estimate of drug-likeness (QED) is 0.355. The number of benzene rings is 1. The molecule has 1 aromatic rings. The summed E-state index contributed by atoms with van der Waals surface area (Å²) in [5.74, 6) is 2.68. The Morgan fingerprint density at radius 3 is 2.27 bits per heavy atom. The van der Waals surface area contributed by atoms with Gasteiger partial charge in [0.25, 0.3) is 0 Å². The SMILES string of the molecule is C=C(C)[C@@H]1CC[C@]2(NCC)CC[C@]3(C)[C@H](CC[C@@H]4[C@@]5(C)CC=C(c6ccc(C(=O)O)cc6)C(C)(C)[C@@H]5CC[C@]43C)[C@@H]12. The molecule has 9 atom stereocenters. The predicted octanol–water partition coefficient (Wildman–Crippen LogP) is 9.40. The largest absolute Gasteiger partial charge is 0.478 e. The summed E-state index contributed by atoms with van der Waals surface area (Å²) in [6.45, 7) is 23.3. The number of fused-ring (bicyclic) bond motifs is 7. The highest BCUT2D eigenvalue weighted by molar-refractivity contribution is 5.88. The zero-order valence-electron chi connectivity index (χ0n) is 26.9. The smallest absolute Gasteiger partial charge is 0.335 e. The topological polar surface area (TPSA) is 49.3 Å². The Labute approximate surface area is 249 Å². The van der Waals surface area contributed by atoms with Crippen molar-refractivity contribution >= 4 is 11.5 Å². The van der Waals surface area contributed by atoms with Gasteiger partial charge >= 0.3 is 5.97 Å². The Bertz CT molecular complexity index is 1260. The standard InChI is InChI=1S/C38H55NO2/c1-9-39-38-21-16-27(24(2)3)32(38)29-14-15-31-35(6)19-17-28(25-10-12-26(13-11-25)33(40)41)34(4,5)30(35)18-20-37(31,8)36(29,7)22-23-38/h10-13,17,27,29-32,39H,2,9,14-16,18-23H2,1,3-8H3,(H,40,41)/t27-,29+,30-,31+,32+,35-,36+,37+,38-/m0/s1. The van der Waals surface area contributed by atoms with Gasteiger partial charge in [-0.3, -0.25) is 0 Å². The van der Waals surface area contributed by atoms with Crippen LogP contribution >= 0.6 is 0 Å². The summed E-state index contributed by atoms with van der Waals surface area (Å²) in [6, 6.07) is 7.63. The van der Waals surface area contributed by atoms with Crippen molar-refractivity contribution < 1.29 is 9.90 Å². The van der Waals surface area contributed by atoms with E-state index in [1.807, 2.05) is 12.1 Å². The van der Waals surface area contributed by atoms with Crippen LogP contribution in [0.1, 0.15) is 122 Å². The van der Waals surface area contributed by atoms with Crippen molar-refractivity contribution in [3.63, 3.8) is 0 Å².